The predicted molar refractivity (Wildman–Crippen MR) is 75.1 cm³/mol. The first-order valence-corrected chi connectivity index (χ1v) is 7.71. The van der Waals surface area contributed by atoms with Crippen molar-refractivity contribution in [2.24, 2.45) is 17.3 Å². The lowest BCUT2D eigenvalue weighted by Crippen LogP contribution is -2.46. The molecule has 0 aromatic rings. The molecule has 0 radical (unpaired) electrons. The van der Waals surface area contributed by atoms with E-state index in [4.69, 9.17) is 4.74 Å². The van der Waals surface area contributed by atoms with E-state index in [-0.39, 0.29) is 22.9 Å². The van der Waals surface area contributed by atoms with Gasteiger partial charge in [0.15, 0.2) is 0 Å². The average molecular weight is 268 g/mol. The van der Waals surface area contributed by atoms with E-state index in [0.717, 1.165) is 32.3 Å². The molecule has 2 aliphatic rings. The van der Waals surface area contributed by atoms with Crippen LogP contribution in [0.3, 0.4) is 0 Å². The van der Waals surface area contributed by atoms with Crippen LogP contribution in [-0.2, 0) is 9.53 Å². The maximum Gasteiger partial charge on any atom is 0.307 e. The Bertz CT molecular complexity index is 318. The fourth-order valence-corrected chi connectivity index (χ4v) is 4.17. The second kappa shape index (κ2) is 5.43. The molecule has 1 N–H and O–H groups in total. The highest BCUT2D eigenvalue weighted by Gasteiger charge is 2.45. The number of carboxylic acid groups (broad SMARTS) is 1. The summed E-state index contributed by atoms with van der Waals surface area (Å²) in [6.07, 6.45) is 7.87. The van der Waals surface area contributed by atoms with Crippen LogP contribution < -0.4 is 0 Å². The van der Waals surface area contributed by atoms with Crippen LogP contribution in [0.1, 0.15) is 65.7 Å². The van der Waals surface area contributed by atoms with Crippen molar-refractivity contribution in [3.63, 3.8) is 0 Å². The van der Waals surface area contributed by atoms with Crippen LogP contribution in [-0.4, -0.2) is 23.3 Å². The van der Waals surface area contributed by atoms with Crippen LogP contribution in [0, 0.1) is 17.3 Å². The molecule has 0 bridgehead atoms. The summed E-state index contributed by atoms with van der Waals surface area (Å²) >= 11 is 0. The first kappa shape index (κ1) is 14.8. The molecule has 0 amide bonds. The summed E-state index contributed by atoms with van der Waals surface area (Å²) in [6.45, 7) is 6.89. The van der Waals surface area contributed by atoms with Crippen molar-refractivity contribution >= 4 is 5.97 Å². The number of rotatable bonds is 2. The fraction of sp³-hybridized carbons (Fsp3) is 0.938. The third-order valence-corrected chi connectivity index (χ3v) is 4.97. The molecule has 0 aromatic heterocycles. The van der Waals surface area contributed by atoms with Crippen LogP contribution in [0.4, 0.5) is 0 Å². The Morgan fingerprint density at radius 2 is 1.89 bits per heavy atom. The lowest BCUT2D eigenvalue weighted by atomic mass is 9.66. The molecule has 0 aromatic carbocycles. The number of hydrogen-bond donors (Lipinski definition) is 1. The van der Waals surface area contributed by atoms with Gasteiger partial charge in [0.05, 0.1) is 11.5 Å². The normalized spacial score (nSPS) is 29.1. The van der Waals surface area contributed by atoms with Crippen molar-refractivity contribution in [2.45, 2.75) is 71.3 Å². The molecule has 1 aliphatic carbocycles. The van der Waals surface area contributed by atoms with Crippen LogP contribution in [0.25, 0.3) is 0 Å². The van der Waals surface area contributed by atoms with Crippen molar-refractivity contribution in [2.75, 3.05) is 6.61 Å². The summed E-state index contributed by atoms with van der Waals surface area (Å²) in [6, 6.07) is 0. The van der Waals surface area contributed by atoms with E-state index in [1.54, 1.807) is 0 Å². The third-order valence-electron chi connectivity index (χ3n) is 4.97. The summed E-state index contributed by atoms with van der Waals surface area (Å²) in [5.41, 5.74) is -0.177. The Morgan fingerprint density at radius 3 is 2.42 bits per heavy atom. The summed E-state index contributed by atoms with van der Waals surface area (Å²) in [4.78, 5) is 11.7. The molecule has 1 saturated carbocycles. The molecule has 19 heavy (non-hydrogen) atoms. The lowest BCUT2D eigenvalue weighted by molar-refractivity contribution is -0.160. The largest absolute Gasteiger partial charge is 0.481 e. The zero-order chi connectivity index (χ0) is 14.1. The van der Waals surface area contributed by atoms with Crippen molar-refractivity contribution in [1.29, 1.82) is 0 Å². The fourth-order valence-electron chi connectivity index (χ4n) is 4.17. The van der Waals surface area contributed by atoms with E-state index in [2.05, 4.69) is 20.8 Å². The van der Waals surface area contributed by atoms with E-state index in [0.29, 0.717) is 0 Å². The zero-order valence-electron chi connectivity index (χ0n) is 12.6. The van der Waals surface area contributed by atoms with Crippen LogP contribution in [0.15, 0.2) is 0 Å². The molecule has 2 atom stereocenters. The highest BCUT2D eigenvalue weighted by Crippen LogP contribution is 2.46. The maximum atomic E-state index is 11.7. The topological polar surface area (TPSA) is 46.5 Å². The van der Waals surface area contributed by atoms with E-state index < -0.39 is 5.97 Å². The molecular weight excluding hydrogens is 240 g/mol. The average Bonchev–Trinajstić information content (AvgIpc) is 2.27. The minimum Gasteiger partial charge on any atom is -0.481 e. The van der Waals surface area contributed by atoms with Gasteiger partial charge in [-0.2, -0.15) is 0 Å². The van der Waals surface area contributed by atoms with Gasteiger partial charge < -0.3 is 9.84 Å². The van der Waals surface area contributed by atoms with Crippen LogP contribution >= 0.6 is 0 Å². The molecule has 3 nitrogen and oxygen atoms in total. The Balaban J connectivity index is 2.13. The van der Waals surface area contributed by atoms with Gasteiger partial charge in [0, 0.05) is 6.61 Å². The second-order valence-corrected chi connectivity index (χ2v) is 7.53. The van der Waals surface area contributed by atoms with E-state index >= 15 is 0 Å². The van der Waals surface area contributed by atoms with Gasteiger partial charge in [0.25, 0.3) is 0 Å². The number of carboxylic acids is 1. The predicted octanol–water partition coefficient (Wildman–Crippen LogP) is 3.86. The molecule has 2 unspecified atom stereocenters. The molecular formula is C16H28O3. The monoisotopic (exact) mass is 268 g/mol. The van der Waals surface area contributed by atoms with Gasteiger partial charge in [0.1, 0.15) is 0 Å². The Labute approximate surface area is 116 Å². The SMILES string of the molecule is CC(C)(C)C(C(=O)O)C1CCOC2(CCCCC2)C1. The molecule has 1 heterocycles. The standard InChI is InChI=1S/C16H28O3/c1-15(2,3)13(14(17)18)12-7-10-19-16(11-12)8-5-4-6-9-16/h12-13H,4-11H2,1-3H3,(H,17,18). The molecule has 3 heteroatoms. The number of hydrogen-bond acceptors (Lipinski definition) is 2. The molecule has 1 aliphatic heterocycles. The summed E-state index contributed by atoms with van der Waals surface area (Å²) < 4.78 is 6.09. The number of carbonyl (C=O) groups is 1. The summed E-state index contributed by atoms with van der Waals surface area (Å²) in [7, 11) is 0. The zero-order valence-corrected chi connectivity index (χ0v) is 12.6. The molecule has 110 valence electrons. The van der Waals surface area contributed by atoms with E-state index in [1.165, 1.54) is 19.3 Å². The van der Waals surface area contributed by atoms with Crippen LogP contribution in [0.5, 0.6) is 0 Å². The van der Waals surface area contributed by atoms with Crippen molar-refractivity contribution < 1.29 is 14.6 Å². The summed E-state index contributed by atoms with van der Waals surface area (Å²) in [5, 5.41) is 9.61. The minimum atomic E-state index is -0.634. The molecule has 1 spiro atoms. The van der Waals surface area contributed by atoms with E-state index in [9.17, 15) is 9.90 Å². The Hall–Kier alpha value is -0.570. The van der Waals surface area contributed by atoms with Crippen molar-refractivity contribution in [1.82, 2.24) is 0 Å². The Kier molecular flexibility index (Phi) is 4.24. The van der Waals surface area contributed by atoms with Gasteiger partial charge in [-0.25, -0.2) is 0 Å². The number of ether oxygens (including phenoxy) is 1. The summed E-state index contributed by atoms with van der Waals surface area (Å²) in [5.74, 6) is -0.620. The second-order valence-electron chi connectivity index (χ2n) is 7.53. The first-order valence-electron chi connectivity index (χ1n) is 7.71. The van der Waals surface area contributed by atoms with Crippen LogP contribution in [0.2, 0.25) is 0 Å². The smallest absolute Gasteiger partial charge is 0.307 e. The quantitative estimate of drug-likeness (QED) is 0.827. The number of aliphatic carboxylic acids is 1. The molecule has 1 saturated heterocycles. The first-order chi connectivity index (χ1) is 8.84. The van der Waals surface area contributed by atoms with Crippen molar-refractivity contribution in [3.8, 4) is 0 Å². The third kappa shape index (κ3) is 3.31. The lowest BCUT2D eigenvalue weighted by Gasteiger charge is -2.46. The highest BCUT2D eigenvalue weighted by molar-refractivity contribution is 5.71. The van der Waals surface area contributed by atoms with Gasteiger partial charge in [-0.15, -0.1) is 0 Å². The minimum absolute atomic E-state index is 0.000116. The van der Waals surface area contributed by atoms with Crippen molar-refractivity contribution in [3.05, 3.63) is 0 Å². The molecule has 2 rings (SSSR count). The van der Waals surface area contributed by atoms with Gasteiger partial charge in [0.2, 0.25) is 0 Å². The molecule has 2 fully saturated rings. The highest BCUT2D eigenvalue weighted by atomic mass is 16.5. The maximum absolute atomic E-state index is 11.7. The van der Waals surface area contributed by atoms with Gasteiger partial charge in [-0.1, -0.05) is 40.0 Å². The van der Waals surface area contributed by atoms with E-state index in [1.807, 2.05) is 0 Å². The van der Waals surface area contributed by atoms with Gasteiger partial charge >= 0.3 is 5.97 Å². The Morgan fingerprint density at radius 1 is 1.26 bits per heavy atom. The van der Waals surface area contributed by atoms with Gasteiger partial charge in [-0.05, 0) is 37.0 Å². The van der Waals surface area contributed by atoms with Gasteiger partial charge in [-0.3, -0.25) is 4.79 Å².